The highest BCUT2D eigenvalue weighted by molar-refractivity contribution is 7.98. The van der Waals surface area contributed by atoms with E-state index in [-0.39, 0.29) is 84.6 Å². The van der Waals surface area contributed by atoms with E-state index in [0.29, 0.717) is 172 Å². The van der Waals surface area contributed by atoms with Gasteiger partial charge in [0.25, 0.3) is 0 Å². The molecule has 710 valence electrons. The number of H-pyrrole nitrogens is 1. The second-order valence-corrected chi connectivity index (χ2v) is 33.5. The number of nitrogens with zero attached hydrogens (tertiary/aromatic N) is 2. The molecule has 2 aromatic rings. The number of imide groups is 1. The van der Waals surface area contributed by atoms with Crippen LogP contribution in [-0.4, -0.2) is 345 Å². The van der Waals surface area contributed by atoms with Crippen molar-refractivity contribution in [2.75, 3.05) is 197 Å². The van der Waals surface area contributed by atoms with Crippen molar-refractivity contribution in [1.82, 2.24) is 52.0 Å². The van der Waals surface area contributed by atoms with E-state index in [1.165, 1.54) is 37.1 Å². The monoisotopic (exact) mass is 1810 g/mol. The van der Waals surface area contributed by atoms with Crippen LogP contribution in [0.1, 0.15) is 130 Å². The molecular formula is C83H139N13O27S2. The number of rotatable bonds is 63. The van der Waals surface area contributed by atoms with Crippen LogP contribution in [0.25, 0.3) is 10.9 Å². The van der Waals surface area contributed by atoms with Crippen molar-refractivity contribution in [3.63, 3.8) is 0 Å². The Kier molecular flexibility index (Phi) is 51.8. The van der Waals surface area contributed by atoms with Gasteiger partial charge in [-0.05, 0) is 41.9 Å². The van der Waals surface area contributed by atoms with E-state index >= 15 is 4.21 Å². The van der Waals surface area contributed by atoms with Gasteiger partial charge in [-0.2, -0.15) is 11.8 Å². The van der Waals surface area contributed by atoms with Crippen molar-refractivity contribution in [2.45, 2.75) is 185 Å². The fourth-order valence-electron chi connectivity index (χ4n) is 14.0. The van der Waals surface area contributed by atoms with E-state index in [4.69, 9.17) is 74.0 Å². The number of nitrogens with two attached hydrogens (primary N) is 3. The summed E-state index contributed by atoms with van der Waals surface area (Å²) in [4.78, 5) is 156. The number of carbonyl (C=O) groups is 11. The zero-order valence-electron chi connectivity index (χ0n) is 73.9. The molecule has 42 heteroatoms. The van der Waals surface area contributed by atoms with Crippen LogP contribution in [0.2, 0.25) is 0 Å². The minimum absolute atomic E-state index is 0.0570. The minimum atomic E-state index is -2.47. The highest BCUT2D eigenvalue weighted by atomic mass is 32.2. The predicted molar refractivity (Wildman–Crippen MR) is 461 cm³/mol. The first-order valence-corrected chi connectivity index (χ1v) is 45.7. The van der Waals surface area contributed by atoms with Crippen LogP contribution >= 0.6 is 11.8 Å². The number of fused-ring (bicyclic) bond motifs is 4. The smallest absolute Gasteiger partial charge is 0.246 e. The van der Waals surface area contributed by atoms with E-state index < -0.39 is 163 Å². The van der Waals surface area contributed by atoms with Gasteiger partial charge in [-0.1, -0.05) is 80.6 Å². The molecule has 0 radical (unpaired) electrons. The normalized spacial score (nSPS) is 20.8. The maximum absolute atomic E-state index is 15.3. The summed E-state index contributed by atoms with van der Waals surface area (Å²) < 4.78 is 82.9. The molecule has 2 saturated heterocycles. The first-order chi connectivity index (χ1) is 60.1. The Morgan fingerprint density at radius 2 is 1.26 bits per heavy atom. The lowest BCUT2D eigenvalue weighted by Crippen LogP contribution is -2.61. The molecule has 0 spiro atoms. The molecule has 4 heterocycles. The molecule has 11 amide bonds. The van der Waals surface area contributed by atoms with Gasteiger partial charge in [-0.3, -0.25) is 61.8 Å². The number of unbranched alkanes of at least 4 members (excludes halogenated alkanes) is 3. The van der Waals surface area contributed by atoms with Gasteiger partial charge in [0.15, 0.2) is 0 Å². The summed E-state index contributed by atoms with van der Waals surface area (Å²) in [5.41, 5.74) is 19.0. The maximum atomic E-state index is 15.3. The van der Waals surface area contributed by atoms with Crippen molar-refractivity contribution < 1.29 is 129 Å². The lowest BCUT2D eigenvalue weighted by molar-refractivity contribution is -0.144. The molecule has 125 heavy (non-hydrogen) atoms. The molecule has 17 N–H and O–H groups in total. The summed E-state index contributed by atoms with van der Waals surface area (Å²) in [6.07, 6.45) is 3.80. The molecule has 1 aromatic heterocycles. The number of aliphatic hydroxyl groups is 3. The van der Waals surface area contributed by atoms with E-state index in [1.54, 1.807) is 39.1 Å². The van der Waals surface area contributed by atoms with Crippen molar-refractivity contribution in [1.29, 1.82) is 0 Å². The Hall–Kier alpha value is -7.79. The van der Waals surface area contributed by atoms with Gasteiger partial charge in [0.1, 0.15) is 47.0 Å². The van der Waals surface area contributed by atoms with Gasteiger partial charge >= 0.3 is 0 Å². The number of likely N-dealkylation sites (tertiary alicyclic amines) is 1. The summed E-state index contributed by atoms with van der Waals surface area (Å²) >= 11 is 1.43. The summed E-state index contributed by atoms with van der Waals surface area (Å²) in [7, 11) is -1.03. The van der Waals surface area contributed by atoms with Gasteiger partial charge in [0, 0.05) is 79.0 Å². The molecule has 13 atom stereocenters. The molecule has 3 aliphatic heterocycles. The predicted octanol–water partition coefficient (Wildman–Crippen LogP) is -1.28. The Morgan fingerprint density at radius 1 is 0.704 bits per heavy atom. The maximum Gasteiger partial charge on any atom is 0.246 e. The van der Waals surface area contributed by atoms with Crippen LogP contribution in [0.4, 0.5) is 0 Å². The lowest BCUT2D eigenvalue weighted by Gasteiger charge is -2.33. The molecule has 3 aliphatic rings. The van der Waals surface area contributed by atoms with Crippen molar-refractivity contribution in [3.8, 4) is 5.75 Å². The average molecular weight is 1820 g/mol. The van der Waals surface area contributed by atoms with Gasteiger partial charge in [-0.25, -0.2) is 0 Å². The van der Waals surface area contributed by atoms with Gasteiger partial charge in [0.05, 0.1) is 219 Å². The number of thioether (sulfide) groups is 1. The summed E-state index contributed by atoms with van der Waals surface area (Å²) in [5, 5.41) is 50.1. The Morgan fingerprint density at radius 3 is 1.78 bits per heavy atom. The van der Waals surface area contributed by atoms with Crippen molar-refractivity contribution in [2.24, 2.45) is 40.4 Å². The van der Waals surface area contributed by atoms with Crippen LogP contribution in [0.3, 0.4) is 0 Å². The number of methoxy groups -OCH3 is 1. The number of aromatic nitrogens is 1. The number of hydrogen-bond acceptors (Lipinski definition) is 30. The van der Waals surface area contributed by atoms with Crippen LogP contribution in [0.15, 0.2) is 29.1 Å². The number of ether oxygens (including phenoxy) is 12. The third-order valence-corrected chi connectivity index (χ3v) is 24.2. The zero-order valence-corrected chi connectivity index (χ0v) is 75.5. The second-order valence-electron chi connectivity index (χ2n) is 31.0. The fraction of sp³-hybridized carbons (Fsp3) is 0.747. The average Bonchev–Trinajstić information content (AvgIpc) is 1.62. The molecule has 40 nitrogen and oxygen atoms in total. The van der Waals surface area contributed by atoms with Gasteiger partial charge < -0.3 is 136 Å². The van der Waals surface area contributed by atoms with Crippen LogP contribution in [0.5, 0.6) is 5.75 Å². The lowest BCUT2D eigenvalue weighted by atomic mass is 9.70. The van der Waals surface area contributed by atoms with E-state index in [1.807, 2.05) is 0 Å². The molecule has 0 aliphatic carbocycles. The zero-order chi connectivity index (χ0) is 91.6. The van der Waals surface area contributed by atoms with Gasteiger partial charge in [-0.15, -0.1) is 0 Å². The number of nitrogens with one attached hydrogen (secondary N) is 8. The Balaban J connectivity index is 0.984. The number of carbonyl (C=O) groups excluding carboxylic acids is 11. The number of benzene rings is 1. The third-order valence-electron chi connectivity index (χ3n) is 21.8. The van der Waals surface area contributed by atoms with Crippen LogP contribution in [-0.2, 0) is 128 Å². The number of primary amides is 2. The standard InChI is InChI=1S/C83H139N13O27S2/c1-9-13-14-15-18-83(7,12-4)61-45-71(103)96(81(61)109)49-56(84)47-87-19-20-113-21-22-114-23-24-115-25-26-116-27-28-117-29-30-118-31-32-119-33-34-120-35-36-121-37-38-122-39-40-123-41-42-124-52-60-67(112-8)17-16-58-59-44-62(75(86)104)90-79(108)73(55(6)66(99)51-97)93-77(106)65-43-57(98)50-95(65)82(110)63(46-68(85)100)91-76(105)64(53-125(111)80(59)94-74(58)60)89-70(102)48-88-78(107)72(54(5)10-2)92-69(101)11-3/h16-17,47,54-55,57,61-66,72-73,87,94,97-99H,9-15,18-46,48-53,84H2,1-8H3,(H2,85,100)(H2,86,104)(H,88,107)(H,89,102)(H,90,108)(H,91,105)(H,92,101)(H,93,106)/b56-47-/t54-,55-,57+,61?,62-,63-,64+,65-,66-,72-,73-,83?,125?/m0/s1. The first kappa shape index (κ1) is 108. The first-order valence-electron chi connectivity index (χ1n) is 43.2. The second kappa shape index (κ2) is 60.1. The molecule has 1 aromatic carbocycles. The van der Waals surface area contributed by atoms with Crippen LogP contribution < -0.4 is 59.2 Å². The summed E-state index contributed by atoms with van der Waals surface area (Å²) in [6.45, 7) is 19.5. The molecule has 0 saturated carbocycles. The SMILES string of the molecule is CCCCCCC(C)(CC)C1CC(=O)N(C/C(N)=C/NCCOCCOCCOCCOCCOCCOCCOCCOCCOCCOCCOCCSCc2c(OC)ccc3c4c([nH]c23)S(=O)C[C@@H](NC(=O)CNC(=O)[C@@H](NC(=O)CC)[C@@H](C)CC)C(=O)N[C@@H](CC(N)=O)C(=O)N2C[C@H](O)C[C@H]2C(=O)N[C@@H]([C@@H](C)[C@@H](O)CO)C(=O)N[C@H](C(N)=O)C4)C1=O. The molecular weight excluding hydrogens is 1680 g/mol. The number of amides is 11. The Labute approximate surface area is 738 Å². The number of hydrogen-bond donors (Lipinski definition) is 14. The van der Waals surface area contributed by atoms with E-state index in [2.05, 4.69) is 63.0 Å². The largest absolute Gasteiger partial charge is 0.496 e. The highest BCUT2D eigenvalue weighted by Gasteiger charge is 2.49. The summed E-state index contributed by atoms with van der Waals surface area (Å²) in [6, 6.07) is -6.69. The number of aliphatic hydroxyl groups excluding tert-OH is 3. The minimum Gasteiger partial charge on any atom is -0.496 e. The molecule has 2 fully saturated rings. The fourth-order valence-corrected chi connectivity index (χ4v) is 16.3. The third kappa shape index (κ3) is 37.8. The highest BCUT2D eigenvalue weighted by Crippen LogP contribution is 2.43. The Bertz CT molecular complexity index is 3720. The van der Waals surface area contributed by atoms with Crippen LogP contribution in [0, 0.1) is 23.2 Å². The topological polar surface area (TPSA) is 561 Å². The van der Waals surface area contributed by atoms with Gasteiger partial charge in [0.2, 0.25) is 65.0 Å². The van der Waals surface area contributed by atoms with Crippen molar-refractivity contribution in [3.05, 3.63) is 35.2 Å². The van der Waals surface area contributed by atoms with Crippen molar-refractivity contribution >= 4 is 98.4 Å². The quantitative estimate of drug-likeness (QED) is 0.0271. The molecule has 5 rings (SSSR count). The number of aromatic amines is 1. The van der Waals surface area contributed by atoms with E-state index in [0.717, 1.165) is 37.0 Å². The van der Waals surface area contributed by atoms with E-state index in [9.17, 15) is 68.1 Å². The molecule has 3 unspecified atom stereocenters. The molecule has 0 bridgehead atoms. The summed E-state index contributed by atoms with van der Waals surface area (Å²) in [5.74, 6) is -11.0.